The minimum atomic E-state index is 0.742. The molecule has 0 atom stereocenters. The summed E-state index contributed by atoms with van der Waals surface area (Å²) >= 11 is 5.98. The maximum Gasteiger partial charge on any atom is 0.118 e. The zero-order chi connectivity index (χ0) is 13.2. The Hall–Kier alpha value is -1.93. The van der Waals surface area contributed by atoms with E-state index in [1.807, 2.05) is 36.5 Å². The molecule has 1 aromatic heterocycles. The molecule has 0 saturated carbocycles. The molecule has 0 aliphatic carbocycles. The fraction of sp³-hybridized carbons (Fsp3) is 0.125. The summed E-state index contributed by atoms with van der Waals surface area (Å²) in [6.07, 6.45) is 1.96. The van der Waals surface area contributed by atoms with Gasteiger partial charge in [-0.05, 0) is 35.9 Å². The summed E-state index contributed by atoms with van der Waals surface area (Å²) in [4.78, 5) is 0. The molecular formula is C16H13ClNO. The summed E-state index contributed by atoms with van der Waals surface area (Å²) in [7, 11) is 1.67. The van der Waals surface area contributed by atoms with Crippen molar-refractivity contribution in [3.8, 4) is 5.75 Å². The summed E-state index contributed by atoms with van der Waals surface area (Å²) in [5.41, 5.74) is 2.36. The van der Waals surface area contributed by atoms with Crippen molar-refractivity contribution in [1.29, 1.82) is 0 Å². The van der Waals surface area contributed by atoms with E-state index in [0.717, 1.165) is 28.2 Å². The summed E-state index contributed by atoms with van der Waals surface area (Å²) in [6, 6.07) is 17.2. The highest BCUT2D eigenvalue weighted by atomic mass is 35.5. The van der Waals surface area contributed by atoms with Gasteiger partial charge < -0.3 is 9.30 Å². The van der Waals surface area contributed by atoms with Crippen molar-refractivity contribution in [2.24, 2.45) is 0 Å². The Kier molecular flexibility index (Phi) is 3.18. The second-order valence-electron chi connectivity index (χ2n) is 4.41. The molecule has 2 nitrogen and oxygen atoms in total. The molecule has 3 rings (SSSR count). The molecule has 0 aliphatic heterocycles. The standard InChI is InChI=1S/C16H13ClNO/c1-19-15-5-2-12(3-6-15)11-18-9-8-13-10-14(17)4-7-16(13)18/h2-7,9-10H,11H2,1H3. The van der Waals surface area contributed by atoms with Gasteiger partial charge >= 0.3 is 0 Å². The largest absolute Gasteiger partial charge is 0.497 e. The van der Waals surface area contributed by atoms with Gasteiger partial charge in [0.15, 0.2) is 0 Å². The van der Waals surface area contributed by atoms with E-state index in [2.05, 4.69) is 22.8 Å². The highest BCUT2D eigenvalue weighted by Crippen LogP contribution is 2.21. The topological polar surface area (TPSA) is 14.2 Å². The third-order valence-corrected chi connectivity index (χ3v) is 3.39. The molecule has 0 spiro atoms. The van der Waals surface area contributed by atoms with E-state index in [-0.39, 0.29) is 0 Å². The van der Waals surface area contributed by atoms with E-state index in [0.29, 0.717) is 0 Å². The molecular weight excluding hydrogens is 258 g/mol. The number of hydrogen-bond acceptors (Lipinski definition) is 1. The molecule has 0 amide bonds. The third-order valence-electron chi connectivity index (χ3n) is 3.16. The Labute approximate surface area is 117 Å². The maximum atomic E-state index is 5.98. The van der Waals surface area contributed by atoms with Crippen molar-refractivity contribution in [3.05, 3.63) is 65.3 Å². The van der Waals surface area contributed by atoms with E-state index in [4.69, 9.17) is 16.3 Å². The van der Waals surface area contributed by atoms with Gasteiger partial charge in [0.1, 0.15) is 5.75 Å². The van der Waals surface area contributed by atoms with Gasteiger partial charge in [0.25, 0.3) is 0 Å². The summed E-state index contributed by atoms with van der Waals surface area (Å²) < 4.78 is 7.32. The number of methoxy groups -OCH3 is 1. The number of aromatic nitrogens is 1. The van der Waals surface area contributed by atoms with Crippen LogP contribution in [0.2, 0.25) is 5.02 Å². The van der Waals surface area contributed by atoms with E-state index in [1.54, 1.807) is 7.11 Å². The molecule has 0 bridgehead atoms. The van der Waals surface area contributed by atoms with Crippen LogP contribution >= 0.6 is 11.6 Å². The molecule has 0 aliphatic rings. The van der Waals surface area contributed by atoms with Crippen molar-refractivity contribution in [1.82, 2.24) is 4.57 Å². The van der Waals surface area contributed by atoms with Crippen LogP contribution in [0.4, 0.5) is 0 Å². The predicted octanol–water partition coefficient (Wildman–Crippen LogP) is 4.15. The van der Waals surface area contributed by atoms with Crippen LogP contribution in [0.5, 0.6) is 5.75 Å². The van der Waals surface area contributed by atoms with Crippen molar-refractivity contribution < 1.29 is 4.74 Å². The SMILES string of the molecule is COc1ccc(Cn2c[c]c3cc(Cl)ccc32)cc1. The Balaban J connectivity index is 1.92. The lowest BCUT2D eigenvalue weighted by Crippen LogP contribution is -1.97. The third kappa shape index (κ3) is 2.45. The van der Waals surface area contributed by atoms with Crippen LogP contribution in [0.3, 0.4) is 0 Å². The van der Waals surface area contributed by atoms with Crippen molar-refractivity contribution in [3.63, 3.8) is 0 Å². The van der Waals surface area contributed by atoms with Crippen LogP contribution in [-0.2, 0) is 6.54 Å². The molecule has 3 aromatic rings. The van der Waals surface area contributed by atoms with Crippen molar-refractivity contribution >= 4 is 22.5 Å². The number of halogens is 1. The van der Waals surface area contributed by atoms with Gasteiger partial charge in [0.05, 0.1) is 7.11 Å². The Morgan fingerprint density at radius 1 is 1.16 bits per heavy atom. The zero-order valence-electron chi connectivity index (χ0n) is 10.6. The molecule has 0 saturated heterocycles. The lowest BCUT2D eigenvalue weighted by atomic mass is 10.2. The number of nitrogens with zero attached hydrogens (tertiary/aromatic N) is 1. The van der Waals surface area contributed by atoms with Gasteiger partial charge in [-0.15, -0.1) is 0 Å². The van der Waals surface area contributed by atoms with Crippen LogP contribution in [0.25, 0.3) is 10.9 Å². The highest BCUT2D eigenvalue weighted by Gasteiger charge is 2.03. The van der Waals surface area contributed by atoms with Crippen LogP contribution in [0.15, 0.2) is 48.7 Å². The Morgan fingerprint density at radius 3 is 2.68 bits per heavy atom. The molecule has 0 unspecified atom stereocenters. The summed E-state index contributed by atoms with van der Waals surface area (Å²) in [5.74, 6) is 0.874. The second-order valence-corrected chi connectivity index (χ2v) is 4.85. The van der Waals surface area contributed by atoms with E-state index in [9.17, 15) is 0 Å². The zero-order valence-corrected chi connectivity index (χ0v) is 11.3. The van der Waals surface area contributed by atoms with Gasteiger partial charge in [-0.1, -0.05) is 23.7 Å². The predicted molar refractivity (Wildman–Crippen MR) is 77.9 cm³/mol. The fourth-order valence-corrected chi connectivity index (χ4v) is 2.32. The first-order chi connectivity index (χ1) is 9.26. The average molecular weight is 271 g/mol. The fourth-order valence-electron chi connectivity index (χ4n) is 2.15. The van der Waals surface area contributed by atoms with E-state index >= 15 is 0 Å². The monoisotopic (exact) mass is 270 g/mol. The van der Waals surface area contributed by atoms with Gasteiger partial charge in [-0.3, -0.25) is 0 Å². The van der Waals surface area contributed by atoms with Crippen molar-refractivity contribution in [2.75, 3.05) is 7.11 Å². The first-order valence-corrected chi connectivity index (χ1v) is 6.43. The van der Waals surface area contributed by atoms with Crippen LogP contribution < -0.4 is 4.74 Å². The highest BCUT2D eigenvalue weighted by molar-refractivity contribution is 6.31. The van der Waals surface area contributed by atoms with E-state index in [1.165, 1.54) is 5.56 Å². The lowest BCUT2D eigenvalue weighted by molar-refractivity contribution is 0.414. The first-order valence-electron chi connectivity index (χ1n) is 6.05. The Morgan fingerprint density at radius 2 is 1.95 bits per heavy atom. The van der Waals surface area contributed by atoms with Crippen LogP contribution in [0.1, 0.15) is 5.56 Å². The lowest BCUT2D eigenvalue weighted by Gasteiger charge is -2.07. The number of fused-ring (bicyclic) bond motifs is 1. The quantitative estimate of drug-likeness (QED) is 0.697. The molecule has 3 heteroatoms. The smallest absolute Gasteiger partial charge is 0.118 e. The number of benzene rings is 2. The van der Waals surface area contributed by atoms with Gasteiger partial charge in [-0.25, -0.2) is 0 Å². The van der Waals surface area contributed by atoms with E-state index < -0.39 is 0 Å². The first kappa shape index (κ1) is 12.1. The van der Waals surface area contributed by atoms with Gasteiger partial charge in [0.2, 0.25) is 0 Å². The normalized spacial score (nSPS) is 10.8. The molecule has 1 radical (unpaired) electrons. The summed E-state index contributed by atoms with van der Waals surface area (Å²) in [6.45, 7) is 0.811. The molecule has 0 N–H and O–H groups in total. The van der Waals surface area contributed by atoms with Crippen LogP contribution in [0, 0.1) is 6.07 Å². The van der Waals surface area contributed by atoms with Gasteiger partial charge in [0, 0.05) is 34.7 Å². The number of ether oxygens (including phenoxy) is 1. The minimum absolute atomic E-state index is 0.742. The molecule has 0 fully saturated rings. The second kappa shape index (κ2) is 4.98. The molecule has 95 valence electrons. The van der Waals surface area contributed by atoms with Crippen LogP contribution in [-0.4, -0.2) is 11.7 Å². The van der Waals surface area contributed by atoms with Crippen molar-refractivity contribution in [2.45, 2.75) is 6.54 Å². The average Bonchev–Trinajstić information content (AvgIpc) is 2.82. The minimum Gasteiger partial charge on any atom is -0.497 e. The Bertz CT molecular complexity index is 700. The van der Waals surface area contributed by atoms with Gasteiger partial charge in [-0.2, -0.15) is 0 Å². The number of hydrogen-bond donors (Lipinski definition) is 0. The maximum absolute atomic E-state index is 5.98. The molecule has 2 aromatic carbocycles. The number of rotatable bonds is 3. The summed E-state index contributed by atoms with van der Waals surface area (Å²) in [5, 5.41) is 1.78. The molecule has 1 heterocycles. The molecule has 19 heavy (non-hydrogen) atoms.